The molecule has 118 valence electrons. The molecule has 0 radical (unpaired) electrons. The number of H-pyrrole nitrogens is 2. The van der Waals surface area contributed by atoms with E-state index in [-0.39, 0.29) is 5.11 Å². The fraction of sp³-hybridized carbons (Fsp3) is 0. The SMILES string of the molecule is NC(N)=S.Sc1c[nH]c2ccccc12.c1ccc2[nH]ccc2c1. The van der Waals surface area contributed by atoms with Gasteiger partial charge in [0.25, 0.3) is 0 Å². The largest absolute Gasteiger partial charge is 0.377 e. The van der Waals surface area contributed by atoms with Gasteiger partial charge in [0.2, 0.25) is 0 Å². The number of benzene rings is 2. The second-order valence-electron chi connectivity index (χ2n) is 4.69. The molecule has 2 aromatic heterocycles. The first-order chi connectivity index (χ1) is 11.1. The van der Waals surface area contributed by atoms with E-state index >= 15 is 0 Å². The topological polar surface area (TPSA) is 83.6 Å². The molecule has 0 aliphatic heterocycles. The zero-order valence-corrected chi connectivity index (χ0v) is 14.1. The van der Waals surface area contributed by atoms with E-state index in [4.69, 9.17) is 0 Å². The normalized spacial score (nSPS) is 9.61. The minimum Gasteiger partial charge on any atom is -0.377 e. The van der Waals surface area contributed by atoms with Crippen LogP contribution in [0.3, 0.4) is 0 Å². The molecule has 0 spiro atoms. The molecule has 4 rings (SSSR count). The molecule has 0 fully saturated rings. The maximum absolute atomic E-state index is 4.62. The number of para-hydroxylation sites is 2. The highest BCUT2D eigenvalue weighted by molar-refractivity contribution is 7.80. The van der Waals surface area contributed by atoms with Crippen molar-refractivity contribution in [3.63, 3.8) is 0 Å². The number of rotatable bonds is 0. The number of nitrogens with two attached hydrogens (primary N) is 2. The third-order valence-corrected chi connectivity index (χ3v) is 3.40. The highest BCUT2D eigenvalue weighted by Gasteiger charge is 1.95. The standard InChI is InChI=1S/C8H7NS.C8H7N.CH4N2S/c10-8-5-9-7-4-2-1-3-6(7)8;1-2-4-8-7(3-1)5-6-9-8;2-1(3)4/h1-5,9-10H;1-6,9H;(H4,2,3,4). The predicted octanol–water partition coefficient (Wildman–Crippen LogP) is 3.81. The van der Waals surface area contributed by atoms with Crippen molar-refractivity contribution in [1.82, 2.24) is 9.97 Å². The summed E-state index contributed by atoms with van der Waals surface area (Å²) < 4.78 is 0. The van der Waals surface area contributed by atoms with Gasteiger partial charge in [0, 0.05) is 33.7 Å². The Labute approximate surface area is 145 Å². The summed E-state index contributed by atoms with van der Waals surface area (Å²) in [6, 6.07) is 18.4. The zero-order valence-electron chi connectivity index (χ0n) is 12.4. The molecule has 23 heavy (non-hydrogen) atoms. The quantitative estimate of drug-likeness (QED) is 0.249. The lowest BCUT2D eigenvalue weighted by Gasteiger charge is -1.86. The van der Waals surface area contributed by atoms with Gasteiger partial charge in [-0.15, -0.1) is 12.6 Å². The van der Waals surface area contributed by atoms with E-state index < -0.39 is 0 Å². The predicted molar refractivity (Wildman–Crippen MR) is 105 cm³/mol. The first-order valence-corrected chi connectivity index (χ1v) is 7.75. The van der Waals surface area contributed by atoms with Crippen molar-refractivity contribution in [1.29, 1.82) is 0 Å². The van der Waals surface area contributed by atoms with E-state index in [1.165, 1.54) is 16.3 Å². The van der Waals surface area contributed by atoms with E-state index in [2.05, 4.69) is 64.5 Å². The molecule has 0 saturated carbocycles. The summed E-state index contributed by atoms with van der Waals surface area (Å²) in [5, 5.41) is 2.46. The van der Waals surface area contributed by atoms with Crippen molar-refractivity contribution < 1.29 is 0 Å². The van der Waals surface area contributed by atoms with Gasteiger partial charge in [-0.2, -0.15) is 0 Å². The fourth-order valence-electron chi connectivity index (χ4n) is 2.05. The van der Waals surface area contributed by atoms with Gasteiger partial charge in [-0.3, -0.25) is 0 Å². The van der Waals surface area contributed by atoms with Crippen LogP contribution in [-0.4, -0.2) is 15.1 Å². The third kappa shape index (κ3) is 5.05. The average Bonchev–Trinajstić information content (AvgIpc) is 3.15. The summed E-state index contributed by atoms with van der Waals surface area (Å²) in [5.41, 5.74) is 11.6. The molecule has 4 nitrogen and oxygen atoms in total. The molecule has 0 atom stereocenters. The maximum atomic E-state index is 4.62. The Morgan fingerprint density at radius 2 is 1.48 bits per heavy atom. The molecule has 6 N–H and O–H groups in total. The molecule has 0 amide bonds. The molecule has 4 aromatic rings. The maximum Gasteiger partial charge on any atom is 0.160 e. The average molecular weight is 342 g/mol. The minimum absolute atomic E-state index is 0.000000000000000222. The second-order valence-corrected chi connectivity index (χ2v) is 5.64. The molecule has 0 aliphatic rings. The lowest BCUT2D eigenvalue weighted by molar-refractivity contribution is 1.42. The van der Waals surface area contributed by atoms with Crippen molar-refractivity contribution in [2.75, 3.05) is 0 Å². The van der Waals surface area contributed by atoms with Crippen molar-refractivity contribution >= 4 is 51.8 Å². The lowest BCUT2D eigenvalue weighted by Crippen LogP contribution is -2.18. The zero-order chi connectivity index (χ0) is 16.7. The number of aromatic amines is 2. The van der Waals surface area contributed by atoms with Gasteiger partial charge in [-0.1, -0.05) is 36.4 Å². The third-order valence-electron chi connectivity index (χ3n) is 3.03. The van der Waals surface area contributed by atoms with Gasteiger partial charge in [0.05, 0.1) is 0 Å². The fourth-order valence-corrected chi connectivity index (χ4v) is 2.31. The van der Waals surface area contributed by atoms with Crippen molar-refractivity contribution in [2.45, 2.75) is 4.90 Å². The van der Waals surface area contributed by atoms with Gasteiger partial charge < -0.3 is 21.4 Å². The summed E-state index contributed by atoms with van der Waals surface area (Å²) in [5.74, 6) is 0. The van der Waals surface area contributed by atoms with E-state index in [0.717, 1.165) is 10.4 Å². The van der Waals surface area contributed by atoms with Crippen LogP contribution in [0.15, 0.2) is 71.9 Å². The van der Waals surface area contributed by atoms with Gasteiger partial charge >= 0.3 is 0 Å². The number of hydrogen-bond donors (Lipinski definition) is 5. The highest BCUT2D eigenvalue weighted by Crippen LogP contribution is 2.19. The van der Waals surface area contributed by atoms with Crippen molar-refractivity contribution in [3.8, 4) is 0 Å². The van der Waals surface area contributed by atoms with Crippen LogP contribution in [0.1, 0.15) is 0 Å². The first kappa shape index (κ1) is 16.9. The summed E-state index contributed by atoms with van der Waals surface area (Å²) in [6.07, 6.45) is 3.85. The monoisotopic (exact) mass is 342 g/mol. The molecular formula is C17H18N4S2. The van der Waals surface area contributed by atoms with E-state index in [1.807, 2.05) is 48.8 Å². The smallest absolute Gasteiger partial charge is 0.160 e. The molecule has 6 heteroatoms. The van der Waals surface area contributed by atoms with Crippen LogP contribution >= 0.6 is 24.8 Å². The minimum atomic E-state index is 0.000000000000000222. The number of thiol groups is 1. The summed E-state index contributed by atoms with van der Waals surface area (Å²) >= 11 is 8.36. The second kappa shape index (κ2) is 8.26. The van der Waals surface area contributed by atoms with Crippen LogP contribution in [0, 0.1) is 0 Å². The van der Waals surface area contributed by atoms with E-state index in [1.54, 1.807) is 0 Å². The molecule has 2 heterocycles. The summed E-state index contributed by atoms with van der Waals surface area (Å²) in [4.78, 5) is 7.24. The van der Waals surface area contributed by atoms with Crippen molar-refractivity contribution in [2.24, 2.45) is 11.5 Å². The Morgan fingerprint density at radius 1 is 0.870 bits per heavy atom. The molecule has 0 saturated heterocycles. The molecule has 0 bridgehead atoms. The Hall–Kier alpha value is -2.44. The number of nitrogens with one attached hydrogen (secondary N) is 2. The van der Waals surface area contributed by atoms with Crippen LogP contribution in [-0.2, 0) is 0 Å². The molecular weight excluding hydrogens is 324 g/mol. The summed E-state index contributed by atoms with van der Waals surface area (Å²) in [7, 11) is 0. The molecule has 0 unspecified atom stereocenters. The van der Waals surface area contributed by atoms with Crippen LogP contribution in [0.4, 0.5) is 0 Å². The Kier molecular flexibility index (Phi) is 6.08. The highest BCUT2D eigenvalue weighted by atomic mass is 32.1. The number of fused-ring (bicyclic) bond motifs is 2. The van der Waals surface area contributed by atoms with Gasteiger partial charge in [-0.25, -0.2) is 0 Å². The van der Waals surface area contributed by atoms with E-state index in [0.29, 0.717) is 0 Å². The number of aromatic nitrogens is 2. The Bertz CT molecular complexity index is 861. The van der Waals surface area contributed by atoms with Crippen LogP contribution in [0.5, 0.6) is 0 Å². The van der Waals surface area contributed by atoms with Crippen LogP contribution in [0.2, 0.25) is 0 Å². The summed E-state index contributed by atoms with van der Waals surface area (Å²) in [6.45, 7) is 0. The molecule has 0 aliphatic carbocycles. The van der Waals surface area contributed by atoms with E-state index in [9.17, 15) is 0 Å². The Balaban J connectivity index is 0.000000137. The Morgan fingerprint density at radius 3 is 2.13 bits per heavy atom. The number of thiocarbonyl (C=S) groups is 1. The van der Waals surface area contributed by atoms with Crippen molar-refractivity contribution in [3.05, 3.63) is 67.0 Å². The lowest BCUT2D eigenvalue weighted by atomic mass is 10.2. The van der Waals surface area contributed by atoms with Gasteiger partial charge in [0.1, 0.15) is 0 Å². The van der Waals surface area contributed by atoms with Gasteiger partial charge in [-0.05, 0) is 35.8 Å². The first-order valence-electron chi connectivity index (χ1n) is 6.90. The van der Waals surface area contributed by atoms with Crippen LogP contribution in [0.25, 0.3) is 21.8 Å². The van der Waals surface area contributed by atoms with Gasteiger partial charge in [0.15, 0.2) is 5.11 Å². The molecule has 2 aromatic carbocycles. The van der Waals surface area contributed by atoms with Crippen LogP contribution < -0.4 is 11.5 Å². The number of hydrogen-bond acceptors (Lipinski definition) is 2.